The first-order valence-corrected chi connectivity index (χ1v) is 8.55. The number of nitrogens with one attached hydrogen (secondary N) is 3. The Morgan fingerprint density at radius 3 is 2.19 bits per heavy atom. The van der Waals surface area contributed by atoms with Crippen LogP contribution in [0.4, 0.5) is 10.5 Å². The van der Waals surface area contributed by atoms with Crippen molar-refractivity contribution in [2.24, 2.45) is 0 Å². The first-order valence-electron chi connectivity index (χ1n) is 8.55. The summed E-state index contributed by atoms with van der Waals surface area (Å²) in [7, 11) is 0. The van der Waals surface area contributed by atoms with Crippen LogP contribution in [0.25, 0.3) is 0 Å². The van der Waals surface area contributed by atoms with E-state index in [0.717, 1.165) is 11.1 Å². The van der Waals surface area contributed by atoms with E-state index in [0.29, 0.717) is 11.3 Å². The van der Waals surface area contributed by atoms with E-state index in [1.165, 1.54) is 0 Å². The number of hydrogen-bond acceptors (Lipinski definition) is 3. The van der Waals surface area contributed by atoms with Crippen LogP contribution in [-0.4, -0.2) is 29.6 Å². The van der Waals surface area contributed by atoms with E-state index in [1.807, 2.05) is 45.0 Å². The first-order chi connectivity index (χ1) is 12.3. The molecule has 0 aromatic heterocycles. The zero-order chi connectivity index (χ0) is 19.1. The van der Waals surface area contributed by atoms with Crippen molar-refractivity contribution in [3.05, 3.63) is 65.2 Å². The first kappa shape index (κ1) is 19.5. The van der Waals surface area contributed by atoms with Crippen molar-refractivity contribution < 1.29 is 14.7 Å². The third kappa shape index (κ3) is 5.89. The second kappa shape index (κ2) is 9.01. The Labute approximate surface area is 153 Å². The number of hydrogen-bond donors (Lipinski definition) is 4. The molecule has 0 aliphatic heterocycles. The van der Waals surface area contributed by atoms with Crippen molar-refractivity contribution >= 4 is 17.6 Å². The molecule has 6 nitrogen and oxygen atoms in total. The zero-order valence-electron chi connectivity index (χ0n) is 15.2. The van der Waals surface area contributed by atoms with Crippen molar-refractivity contribution in [2.45, 2.75) is 32.9 Å². The lowest BCUT2D eigenvalue weighted by Crippen LogP contribution is -2.34. The van der Waals surface area contributed by atoms with Gasteiger partial charge < -0.3 is 21.1 Å². The van der Waals surface area contributed by atoms with Crippen LogP contribution >= 0.6 is 0 Å². The van der Waals surface area contributed by atoms with Gasteiger partial charge in [-0.05, 0) is 50.6 Å². The maximum atomic E-state index is 12.2. The Morgan fingerprint density at radius 2 is 1.62 bits per heavy atom. The Hall–Kier alpha value is -2.86. The normalized spacial score (nSPS) is 11.7. The number of anilines is 1. The minimum absolute atomic E-state index is 0.0417. The van der Waals surface area contributed by atoms with Crippen LogP contribution in [0.15, 0.2) is 48.5 Å². The van der Waals surface area contributed by atoms with E-state index in [2.05, 4.69) is 16.0 Å². The maximum absolute atomic E-state index is 12.2. The summed E-state index contributed by atoms with van der Waals surface area (Å²) in [5, 5.41) is 18.3. The molecule has 0 heterocycles. The number of aliphatic hydroxyl groups is 1. The molecule has 0 unspecified atom stereocenters. The molecule has 2 aromatic rings. The molecule has 2 rings (SSSR count). The Bertz CT molecular complexity index is 740. The number of benzene rings is 2. The molecule has 0 radical (unpaired) electrons. The van der Waals surface area contributed by atoms with E-state index in [4.69, 9.17) is 0 Å². The van der Waals surface area contributed by atoms with Crippen molar-refractivity contribution in [1.29, 1.82) is 0 Å². The summed E-state index contributed by atoms with van der Waals surface area (Å²) in [6, 6.07) is 13.8. The molecule has 26 heavy (non-hydrogen) atoms. The zero-order valence-corrected chi connectivity index (χ0v) is 15.2. The highest BCUT2D eigenvalue weighted by Gasteiger charge is 2.11. The third-order valence-corrected chi connectivity index (χ3v) is 3.74. The molecule has 2 aromatic carbocycles. The van der Waals surface area contributed by atoms with Crippen molar-refractivity contribution in [3.63, 3.8) is 0 Å². The lowest BCUT2D eigenvalue weighted by molar-refractivity contribution is 0.0916. The van der Waals surface area contributed by atoms with E-state index in [1.54, 1.807) is 24.3 Å². The minimum Gasteiger partial charge on any atom is -0.387 e. The van der Waals surface area contributed by atoms with E-state index in [-0.39, 0.29) is 24.5 Å². The highest BCUT2D eigenvalue weighted by atomic mass is 16.3. The summed E-state index contributed by atoms with van der Waals surface area (Å²) in [4.78, 5) is 23.8. The lowest BCUT2D eigenvalue weighted by atomic mass is 10.1. The van der Waals surface area contributed by atoms with E-state index < -0.39 is 6.10 Å². The highest BCUT2D eigenvalue weighted by molar-refractivity contribution is 5.95. The van der Waals surface area contributed by atoms with Gasteiger partial charge in [-0.25, -0.2) is 4.79 Å². The topological polar surface area (TPSA) is 90.5 Å². The van der Waals surface area contributed by atoms with Gasteiger partial charge in [0.1, 0.15) is 0 Å². The summed E-state index contributed by atoms with van der Waals surface area (Å²) < 4.78 is 0. The second-order valence-corrected chi connectivity index (χ2v) is 6.47. The molecule has 0 fully saturated rings. The van der Waals surface area contributed by atoms with Gasteiger partial charge in [0.15, 0.2) is 0 Å². The lowest BCUT2D eigenvalue weighted by Gasteiger charge is -2.13. The van der Waals surface area contributed by atoms with Gasteiger partial charge in [-0.2, -0.15) is 0 Å². The molecule has 1 atom stereocenters. The summed E-state index contributed by atoms with van der Waals surface area (Å²) in [5.74, 6) is -0.283. The van der Waals surface area contributed by atoms with Crippen molar-refractivity contribution in [1.82, 2.24) is 10.6 Å². The highest BCUT2D eigenvalue weighted by Crippen LogP contribution is 2.13. The van der Waals surface area contributed by atoms with Crippen LogP contribution in [0.2, 0.25) is 0 Å². The average Bonchev–Trinajstić information content (AvgIpc) is 2.60. The number of amides is 3. The SMILES string of the molecule is Cc1ccc([C@H](O)CNC(=O)c2ccc(NC(=O)NC(C)C)cc2)cc1. The molecule has 0 saturated carbocycles. The number of urea groups is 1. The summed E-state index contributed by atoms with van der Waals surface area (Å²) in [6.07, 6.45) is -0.764. The quantitative estimate of drug-likeness (QED) is 0.642. The van der Waals surface area contributed by atoms with Gasteiger partial charge >= 0.3 is 6.03 Å². The van der Waals surface area contributed by atoms with Crippen LogP contribution in [0.1, 0.15) is 41.4 Å². The Morgan fingerprint density at radius 1 is 1.00 bits per heavy atom. The van der Waals surface area contributed by atoms with Crippen molar-refractivity contribution in [3.8, 4) is 0 Å². The fourth-order valence-corrected chi connectivity index (χ4v) is 2.33. The fraction of sp³-hybridized carbons (Fsp3) is 0.300. The predicted molar refractivity (Wildman–Crippen MR) is 102 cm³/mol. The van der Waals surface area contributed by atoms with Crippen molar-refractivity contribution in [2.75, 3.05) is 11.9 Å². The molecule has 6 heteroatoms. The van der Waals surface area contributed by atoms with Gasteiger partial charge in [0.2, 0.25) is 0 Å². The van der Waals surface area contributed by atoms with Crippen LogP contribution < -0.4 is 16.0 Å². The standard InChI is InChI=1S/C20H25N3O3/c1-13(2)22-20(26)23-17-10-8-16(9-11-17)19(25)21-12-18(24)15-6-4-14(3)5-7-15/h4-11,13,18,24H,12H2,1-3H3,(H,21,25)(H2,22,23,26)/t18-/m1/s1. The molecule has 0 bridgehead atoms. The number of aryl methyl sites for hydroxylation is 1. The molecule has 138 valence electrons. The van der Waals surface area contributed by atoms with E-state index in [9.17, 15) is 14.7 Å². The predicted octanol–water partition coefficient (Wildman–Crippen LogP) is 2.99. The van der Waals surface area contributed by atoms with E-state index >= 15 is 0 Å². The monoisotopic (exact) mass is 355 g/mol. The van der Waals surface area contributed by atoms with Gasteiger partial charge in [-0.3, -0.25) is 4.79 Å². The van der Waals surface area contributed by atoms with Crippen LogP contribution in [0.3, 0.4) is 0 Å². The number of carbonyl (C=O) groups is 2. The molecule has 0 aliphatic carbocycles. The summed E-state index contributed by atoms with van der Waals surface area (Å²) >= 11 is 0. The second-order valence-electron chi connectivity index (χ2n) is 6.47. The van der Waals surface area contributed by atoms with Gasteiger partial charge in [0.05, 0.1) is 6.10 Å². The molecule has 3 amide bonds. The summed E-state index contributed by atoms with van der Waals surface area (Å²) in [5.41, 5.74) is 2.92. The van der Waals surface area contributed by atoms with Gasteiger partial charge in [0, 0.05) is 23.8 Å². The fourth-order valence-electron chi connectivity index (χ4n) is 2.33. The molecule has 0 aliphatic rings. The smallest absolute Gasteiger partial charge is 0.319 e. The summed E-state index contributed by atoms with van der Waals surface area (Å²) in [6.45, 7) is 5.84. The maximum Gasteiger partial charge on any atom is 0.319 e. The van der Waals surface area contributed by atoms with Gasteiger partial charge in [-0.15, -0.1) is 0 Å². The van der Waals surface area contributed by atoms with Crippen LogP contribution in [0, 0.1) is 6.92 Å². The van der Waals surface area contributed by atoms with Gasteiger partial charge in [-0.1, -0.05) is 29.8 Å². The van der Waals surface area contributed by atoms with Gasteiger partial charge in [0.25, 0.3) is 5.91 Å². The number of aliphatic hydroxyl groups excluding tert-OH is 1. The molecular formula is C20H25N3O3. The Balaban J connectivity index is 1.87. The minimum atomic E-state index is -0.764. The number of rotatable bonds is 6. The number of carbonyl (C=O) groups excluding carboxylic acids is 2. The third-order valence-electron chi connectivity index (χ3n) is 3.74. The molecule has 0 saturated heterocycles. The molecule has 4 N–H and O–H groups in total. The average molecular weight is 355 g/mol. The Kier molecular flexibility index (Phi) is 6.74. The van der Waals surface area contributed by atoms with Crippen LogP contribution in [-0.2, 0) is 0 Å². The molecule has 0 spiro atoms. The molecular weight excluding hydrogens is 330 g/mol. The van der Waals surface area contributed by atoms with Crippen LogP contribution in [0.5, 0.6) is 0 Å². The largest absolute Gasteiger partial charge is 0.387 e.